The first-order valence-electron chi connectivity index (χ1n) is 10.8. The number of nitrogens with one attached hydrogen (secondary N) is 1. The number of carbonyl (C=O) groups is 1. The van der Waals surface area contributed by atoms with E-state index in [1.807, 2.05) is 24.3 Å². The molecule has 1 aliphatic rings. The largest absolute Gasteiger partial charge is 0.492 e. The summed E-state index contributed by atoms with van der Waals surface area (Å²) in [7, 11) is 4.53. The summed E-state index contributed by atoms with van der Waals surface area (Å²) in [4.78, 5) is 13.4. The summed E-state index contributed by atoms with van der Waals surface area (Å²) in [6.07, 6.45) is 2.67. The third-order valence-corrected chi connectivity index (χ3v) is 6.14. The van der Waals surface area contributed by atoms with Crippen LogP contribution in [0.3, 0.4) is 0 Å². The molecular weight excluding hydrogens is 444 g/mol. The van der Waals surface area contributed by atoms with Gasteiger partial charge in [-0.25, -0.2) is 0 Å². The van der Waals surface area contributed by atoms with Crippen LogP contribution in [0.15, 0.2) is 30.3 Å². The van der Waals surface area contributed by atoms with E-state index in [4.69, 9.17) is 24.7 Å². The van der Waals surface area contributed by atoms with Gasteiger partial charge in [0.05, 0.1) is 26.9 Å². The fraction of sp³-hybridized carbons (Fsp3) is 0.480. The molecule has 1 fully saturated rings. The van der Waals surface area contributed by atoms with E-state index in [-0.39, 0.29) is 29.3 Å². The molecular formula is C25H35ClN2O5. The lowest BCUT2D eigenvalue weighted by Crippen LogP contribution is -2.46. The number of nitrogens with two attached hydrogens (primary N) is 1. The monoisotopic (exact) mass is 478 g/mol. The van der Waals surface area contributed by atoms with Crippen molar-refractivity contribution in [2.75, 3.05) is 27.9 Å². The Morgan fingerprint density at radius 2 is 1.58 bits per heavy atom. The predicted molar refractivity (Wildman–Crippen MR) is 132 cm³/mol. The van der Waals surface area contributed by atoms with Crippen LogP contribution in [0, 0.1) is 5.41 Å². The van der Waals surface area contributed by atoms with Crippen molar-refractivity contribution in [1.29, 1.82) is 0 Å². The van der Waals surface area contributed by atoms with E-state index < -0.39 is 0 Å². The first-order chi connectivity index (χ1) is 15.2. The smallest absolute Gasteiger partial charge is 0.255 e. The van der Waals surface area contributed by atoms with Crippen molar-refractivity contribution in [2.45, 2.75) is 45.6 Å². The highest BCUT2D eigenvalue weighted by atomic mass is 35.5. The van der Waals surface area contributed by atoms with E-state index in [0.29, 0.717) is 40.9 Å². The van der Waals surface area contributed by atoms with Crippen LogP contribution >= 0.6 is 12.4 Å². The van der Waals surface area contributed by atoms with E-state index in [9.17, 15) is 4.79 Å². The highest BCUT2D eigenvalue weighted by molar-refractivity contribution is 6.00. The molecule has 2 aromatic rings. The van der Waals surface area contributed by atoms with Gasteiger partial charge in [0.15, 0.2) is 11.5 Å². The van der Waals surface area contributed by atoms with E-state index in [2.05, 4.69) is 26.1 Å². The Labute approximate surface area is 202 Å². The zero-order valence-corrected chi connectivity index (χ0v) is 21.1. The van der Waals surface area contributed by atoms with Gasteiger partial charge >= 0.3 is 0 Å². The van der Waals surface area contributed by atoms with Crippen molar-refractivity contribution in [3.05, 3.63) is 41.5 Å². The molecule has 0 aliphatic heterocycles. The number of carbonyl (C=O) groups excluding carboxylic acids is 1. The van der Waals surface area contributed by atoms with Gasteiger partial charge in [-0.2, -0.15) is 0 Å². The lowest BCUT2D eigenvalue weighted by molar-refractivity contribution is 0.0884. The Bertz CT molecular complexity index is 966. The maximum Gasteiger partial charge on any atom is 0.255 e. The maximum absolute atomic E-state index is 13.4. The van der Waals surface area contributed by atoms with Crippen LogP contribution in [-0.4, -0.2) is 39.3 Å². The summed E-state index contributed by atoms with van der Waals surface area (Å²) >= 11 is 0. The summed E-state index contributed by atoms with van der Waals surface area (Å²) in [5, 5.41) is 3.22. The van der Waals surface area contributed by atoms with Gasteiger partial charge in [0.25, 0.3) is 5.91 Å². The van der Waals surface area contributed by atoms with Crippen molar-refractivity contribution in [3.8, 4) is 28.7 Å². The maximum atomic E-state index is 13.4. The highest BCUT2D eigenvalue weighted by Gasteiger charge is 2.53. The normalized spacial score (nSPS) is 14.0. The number of halogens is 1. The summed E-state index contributed by atoms with van der Waals surface area (Å²) in [6, 6.07) is 9.29. The van der Waals surface area contributed by atoms with Gasteiger partial charge in [-0.05, 0) is 48.9 Å². The minimum atomic E-state index is -0.238. The molecule has 3 N–H and O–H groups in total. The number of hydrogen-bond acceptors (Lipinski definition) is 6. The summed E-state index contributed by atoms with van der Waals surface area (Å²) in [5.41, 5.74) is 6.79. The Morgan fingerprint density at radius 3 is 2.03 bits per heavy atom. The van der Waals surface area contributed by atoms with Crippen molar-refractivity contribution in [2.24, 2.45) is 11.1 Å². The van der Waals surface area contributed by atoms with Crippen molar-refractivity contribution in [3.63, 3.8) is 0 Å². The second-order valence-corrected chi connectivity index (χ2v) is 9.09. The van der Waals surface area contributed by atoms with Gasteiger partial charge in [-0.1, -0.05) is 32.9 Å². The highest BCUT2D eigenvalue weighted by Crippen LogP contribution is 2.51. The van der Waals surface area contributed by atoms with Crippen LogP contribution < -0.4 is 30.0 Å². The van der Waals surface area contributed by atoms with Crippen LogP contribution in [0.4, 0.5) is 0 Å². The third kappa shape index (κ3) is 5.47. The van der Waals surface area contributed by atoms with E-state index in [0.717, 1.165) is 24.8 Å². The van der Waals surface area contributed by atoms with Gasteiger partial charge < -0.3 is 30.0 Å². The van der Waals surface area contributed by atoms with E-state index in [1.165, 1.54) is 21.3 Å². The number of benzene rings is 2. The second-order valence-electron chi connectivity index (χ2n) is 9.09. The number of hydrogen-bond donors (Lipinski definition) is 2. The van der Waals surface area contributed by atoms with Gasteiger partial charge in [-0.15, -0.1) is 12.4 Å². The zero-order chi connectivity index (χ0) is 23.5. The third-order valence-electron chi connectivity index (χ3n) is 6.14. The standard InChI is InChI=1S/C25H34N2O5.ClH/c1-24(2,3)25(12-13-25)27-23(28)18-15-19(21(30-5)22(31-6)20(18)29-4)32-17-9-7-16(8-10-17)11-14-26;/h7-10,15H,11-14,26H2,1-6H3,(H,27,28);1H. The lowest BCUT2D eigenvalue weighted by atomic mass is 9.84. The predicted octanol–water partition coefficient (Wildman–Crippen LogP) is 4.74. The van der Waals surface area contributed by atoms with Crippen LogP contribution in [-0.2, 0) is 6.42 Å². The number of ether oxygens (including phenoxy) is 4. The van der Waals surface area contributed by atoms with Gasteiger partial charge in [0.2, 0.25) is 11.5 Å². The Hall–Kier alpha value is -2.64. The average molecular weight is 479 g/mol. The summed E-state index contributed by atoms with van der Waals surface area (Å²) in [6.45, 7) is 6.98. The molecule has 7 nitrogen and oxygen atoms in total. The quantitative estimate of drug-likeness (QED) is 0.541. The molecule has 182 valence electrons. The minimum Gasteiger partial charge on any atom is -0.492 e. The molecule has 0 saturated heterocycles. The van der Waals surface area contributed by atoms with Crippen molar-refractivity contribution < 1.29 is 23.7 Å². The van der Waals surface area contributed by atoms with E-state index in [1.54, 1.807) is 6.07 Å². The van der Waals surface area contributed by atoms with Crippen LogP contribution in [0.25, 0.3) is 0 Å². The molecule has 0 spiro atoms. The van der Waals surface area contributed by atoms with E-state index >= 15 is 0 Å². The zero-order valence-electron chi connectivity index (χ0n) is 20.2. The molecule has 2 aromatic carbocycles. The fourth-order valence-corrected chi connectivity index (χ4v) is 3.92. The van der Waals surface area contributed by atoms with Gasteiger partial charge in [0.1, 0.15) is 5.75 Å². The molecule has 0 heterocycles. The lowest BCUT2D eigenvalue weighted by Gasteiger charge is -2.32. The Balaban J connectivity index is 0.00000385. The second kappa shape index (κ2) is 10.5. The molecule has 0 radical (unpaired) electrons. The molecule has 8 heteroatoms. The first-order valence-corrected chi connectivity index (χ1v) is 10.8. The van der Waals surface area contributed by atoms with Crippen molar-refractivity contribution >= 4 is 18.3 Å². The van der Waals surface area contributed by atoms with Gasteiger partial charge in [-0.3, -0.25) is 4.79 Å². The molecule has 0 bridgehead atoms. The molecule has 1 amide bonds. The number of rotatable bonds is 9. The first kappa shape index (κ1) is 26.6. The molecule has 0 aromatic heterocycles. The SMILES string of the molecule is COc1c(Oc2ccc(CCN)cc2)cc(C(=O)NC2(C(C)(C)C)CC2)c(OC)c1OC.Cl. The topological polar surface area (TPSA) is 92.0 Å². The molecule has 33 heavy (non-hydrogen) atoms. The average Bonchev–Trinajstić information content (AvgIpc) is 3.55. The number of amides is 1. The fourth-order valence-electron chi connectivity index (χ4n) is 3.92. The van der Waals surface area contributed by atoms with Crippen molar-refractivity contribution in [1.82, 2.24) is 5.32 Å². The Morgan fingerprint density at radius 1 is 1.00 bits per heavy atom. The molecule has 0 atom stereocenters. The molecule has 1 aliphatic carbocycles. The van der Waals surface area contributed by atoms with Gasteiger partial charge in [0, 0.05) is 11.6 Å². The van der Waals surface area contributed by atoms with Crippen LogP contribution in [0.5, 0.6) is 28.7 Å². The van der Waals surface area contributed by atoms with Crippen LogP contribution in [0.1, 0.15) is 49.5 Å². The summed E-state index contributed by atoms with van der Waals surface area (Å²) in [5.74, 6) is 1.69. The molecule has 3 rings (SSSR count). The van der Waals surface area contributed by atoms with Crippen LogP contribution in [0.2, 0.25) is 0 Å². The molecule has 1 saturated carbocycles. The molecule has 0 unspecified atom stereocenters. The Kier molecular flexibility index (Phi) is 8.49. The number of methoxy groups -OCH3 is 3. The minimum absolute atomic E-state index is 0. The summed E-state index contributed by atoms with van der Waals surface area (Å²) < 4.78 is 22.8.